The lowest BCUT2D eigenvalue weighted by Gasteiger charge is -2.05. The fourth-order valence-electron chi connectivity index (χ4n) is 1.42. The van der Waals surface area contributed by atoms with Crippen molar-refractivity contribution < 1.29 is 17.7 Å². The molecule has 1 aliphatic carbocycles. The molecule has 18 heavy (non-hydrogen) atoms. The Labute approximate surface area is 102 Å². The van der Waals surface area contributed by atoms with Crippen LogP contribution in [-0.2, 0) is 10.0 Å². The standard InChI is InChI=1S/C9H10FN3O4S/c10-6-2-1-5(3-9(6)13(14)15)18(16,17)12-8-4-7(8)11/h1-3,7-8,12H,4,11H2. The van der Waals surface area contributed by atoms with Crippen LogP contribution in [0.15, 0.2) is 23.1 Å². The molecule has 0 saturated heterocycles. The van der Waals surface area contributed by atoms with Gasteiger partial charge in [0.15, 0.2) is 0 Å². The Hall–Kier alpha value is -1.58. The molecule has 9 heteroatoms. The number of nitrogens with two attached hydrogens (primary N) is 1. The van der Waals surface area contributed by atoms with Gasteiger partial charge < -0.3 is 5.73 Å². The first-order valence-corrected chi connectivity index (χ1v) is 6.51. The van der Waals surface area contributed by atoms with Crippen molar-refractivity contribution >= 4 is 15.7 Å². The fourth-order valence-corrected chi connectivity index (χ4v) is 2.74. The molecule has 7 nitrogen and oxygen atoms in total. The third-order valence-corrected chi connectivity index (χ3v) is 4.06. The predicted molar refractivity (Wildman–Crippen MR) is 59.8 cm³/mol. The highest BCUT2D eigenvalue weighted by Gasteiger charge is 2.37. The van der Waals surface area contributed by atoms with Gasteiger partial charge in [0.1, 0.15) is 0 Å². The highest BCUT2D eigenvalue weighted by Crippen LogP contribution is 2.24. The number of hydrogen-bond donors (Lipinski definition) is 2. The molecule has 3 N–H and O–H groups in total. The molecule has 1 aromatic rings. The highest BCUT2D eigenvalue weighted by molar-refractivity contribution is 7.89. The second-order valence-electron chi connectivity index (χ2n) is 4.00. The molecule has 1 fully saturated rings. The average molecular weight is 275 g/mol. The summed E-state index contributed by atoms with van der Waals surface area (Å²) in [5.41, 5.74) is 4.58. The topological polar surface area (TPSA) is 115 Å². The molecule has 1 aliphatic rings. The van der Waals surface area contributed by atoms with E-state index in [0.29, 0.717) is 12.5 Å². The normalized spacial score (nSPS) is 22.8. The van der Waals surface area contributed by atoms with Gasteiger partial charge in [-0.05, 0) is 18.6 Å². The van der Waals surface area contributed by atoms with Gasteiger partial charge in [-0.25, -0.2) is 13.1 Å². The summed E-state index contributed by atoms with van der Waals surface area (Å²) < 4.78 is 39.0. The first-order valence-electron chi connectivity index (χ1n) is 5.03. The van der Waals surface area contributed by atoms with Crippen LogP contribution in [0.5, 0.6) is 0 Å². The third kappa shape index (κ3) is 2.47. The molecule has 98 valence electrons. The molecular weight excluding hydrogens is 265 g/mol. The van der Waals surface area contributed by atoms with Gasteiger partial charge in [-0.15, -0.1) is 0 Å². The molecule has 0 radical (unpaired) electrons. The summed E-state index contributed by atoms with van der Waals surface area (Å²) in [5.74, 6) is -1.08. The van der Waals surface area contributed by atoms with E-state index in [9.17, 15) is 22.9 Å². The maximum atomic E-state index is 13.1. The van der Waals surface area contributed by atoms with E-state index in [1.54, 1.807) is 0 Å². The maximum absolute atomic E-state index is 13.1. The Balaban J connectivity index is 2.33. The van der Waals surface area contributed by atoms with Crippen molar-refractivity contribution in [2.24, 2.45) is 5.73 Å². The molecule has 0 aliphatic heterocycles. The van der Waals surface area contributed by atoms with Crippen LogP contribution in [0, 0.1) is 15.9 Å². The van der Waals surface area contributed by atoms with E-state index in [2.05, 4.69) is 4.72 Å². The van der Waals surface area contributed by atoms with Crippen molar-refractivity contribution in [3.63, 3.8) is 0 Å². The summed E-state index contributed by atoms with van der Waals surface area (Å²) in [5, 5.41) is 10.5. The molecule has 0 bridgehead atoms. The van der Waals surface area contributed by atoms with E-state index in [1.165, 1.54) is 0 Å². The van der Waals surface area contributed by atoms with Crippen LogP contribution in [0.3, 0.4) is 0 Å². The lowest BCUT2D eigenvalue weighted by Crippen LogP contribution is -2.29. The molecule has 2 unspecified atom stereocenters. The summed E-state index contributed by atoms with van der Waals surface area (Å²) in [6, 6.07) is 1.80. The van der Waals surface area contributed by atoms with Crippen LogP contribution >= 0.6 is 0 Å². The third-order valence-electron chi connectivity index (χ3n) is 2.57. The molecule has 0 aromatic heterocycles. The lowest BCUT2D eigenvalue weighted by molar-refractivity contribution is -0.387. The number of nitrogens with one attached hydrogen (secondary N) is 1. The van der Waals surface area contributed by atoms with Crippen LogP contribution in [-0.4, -0.2) is 25.4 Å². The van der Waals surface area contributed by atoms with Crippen LogP contribution in [0.1, 0.15) is 6.42 Å². The number of rotatable bonds is 4. The minimum Gasteiger partial charge on any atom is -0.326 e. The molecule has 2 rings (SSSR count). The average Bonchev–Trinajstić information content (AvgIpc) is 2.92. The number of halogens is 1. The van der Waals surface area contributed by atoms with Crippen LogP contribution in [0.2, 0.25) is 0 Å². The molecule has 1 aromatic carbocycles. The van der Waals surface area contributed by atoms with Crippen LogP contribution < -0.4 is 10.5 Å². The second-order valence-corrected chi connectivity index (χ2v) is 5.71. The van der Waals surface area contributed by atoms with Crippen molar-refractivity contribution in [2.45, 2.75) is 23.4 Å². The number of benzene rings is 1. The molecule has 1 saturated carbocycles. The number of nitro benzene ring substituents is 1. The summed E-state index contributed by atoms with van der Waals surface area (Å²) >= 11 is 0. The van der Waals surface area contributed by atoms with Crippen molar-refractivity contribution in [3.05, 3.63) is 34.1 Å². The van der Waals surface area contributed by atoms with Crippen LogP contribution in [0.25, 0.3) is 0 Å². The van der Waals surface area contributed by atoms with Crippen LogP contribution in [0.4, 0.5) is 10.1 Å². The number of sulfonamides is 1. The fraction of sp³-hybridized carbons (Fsp3) is 0.333. The molecule has 2 atom stereocenters. The zero-order chi connectivity index (χ0) is 13.5. The molecule has 0 spiro atoms. The summed E-state index contributed by atoms with van der Waals surface area (Å²) in [6.45, 7) is 0. The zero-order valence-corrected chi connectivity index (χ0v) is 9.85. The quantitative estimate of drug-likeness (QED) is 0.597. The Morgan fingerprint density at radius 2 is 2.11 bits per heavy atom. The first kappa shape index (κ1) is 12.9. The summed E-state index contributed by atoms with van der Waals surface area (Å²) in [4.78, 5) is 9.19. The maximum Gasteiger partial charge on any atom is 0.306 e. The Kier molecular flexibility index (Phi) is 3.05. The predicted octanol–water partition coefficient (Wildman–Crippen LogP) is 0.112. The van der Waals surface area contributed by atoms with Gasteiger partial charge in [0.05, 0.1) is 9.82 Å². The minimum absolute atomic E-state index is 0.241. The van der Waals surface area contributed by atoms with Gasteiger partial charge in [-0.2, -0.15) is 4.39 Å². The van der Waals surface area contributed by atoms with Gasteiger partial charge in [-0.3, -0.25) is 10.1 Å². The van der Waals surface area contributed by atoms with Crippen molar-refractivity contribution in [1.82, 2.24) is 4.72 Å². The molecule has 0 heterocycles. The van der Waals surface area contributed by atoms with Crippen molar-refractivity contribution in [3.8, 4) is 0 Å². The lowest BCUT2D eigenvalue weighted by atomic mass is 10.3. The Morgan fingerprint density at radius 3 is 2.61 bits per heavy atom. The largest absolute Gasteiger partial charge is 0.326 e. The Bertz CT molecular complexity index is 604. The van der Waals surface area contributed by atoms with E-state index in [1.807, 2.05) is 0 Å². The summed E-state index contributed by atoms with van der Waals surface area (Å²) in [6.07, 6.45) is 0.516. The zero-order valence-electron chi connectivity index (χ0n) is 9.04. The number of hydrogen-bond acceptors (Lipinski definition) is 5. The minimum atomic E-state index is -3.90. The number of nitro groups is 1. The van der Waals surface area contributed by atoms with Crippen molar-refractivity contribution in [1.29, 1.82) is 0 Å². The van der Waals surface area contributed by atoms with E-state index >= 15 is 0 Å². The molecule has 0 amide bonds. The Morgan fingerprint density at radius 1 is 1.50 bits per heavy atom. The van der Waals surface area contributed by atoms with Gasteiger partial charge in [0.25, 0.3) is 0 Å². The number of nitrogens with zero attached hydrogens (tertiary/aromatic N) is 1. The van der Waals surface area contributed by atoms with Gasteiger partial charge in [0, 0.05) is 18.2 Å². The summed E-state index contributed by atoms with van der Waals surface area (Å²) in [7, 11) is -3.90. The van der Waals surface area contributed by atoms with Crippen molar-refractivity contribution in [2.75, 3.05) is 0 Å². The van der Waals surface area contributed by atoms with Gasteiger partial charge >= 0.3 is 5.69 Å². The SMILES string of the molecule is NC1CC1NS(=O)(=O)c1ccc(F)c([N+](=O)[O-])c1. The highest BCUT2D eigenvalue weighted by atomic mass is 32.2. The van der Waals surface area contributed by atoms with E-state index < -0.39 is 26.5 Å². The van der Waals surface area contributed by atoms with E-state index in [-0.39, 0.29) is 17.0 Å². The van der Waals surface area contributed by atoms with Gasteiger partial charge in [0.2, 0.25) is 15.8 Å². The smallest absolute Gasteiger partial charge is 0.306 e. The second kappa shape index (κ2) is 4.26. The first-order chi connectivity index (χ1) is 8.31. The van der Waals surface area contributed by atoms with Gasteiger partial charge in [-0.1, -0.05) is 0 Å². The monoisotopic (exact) mass is 275 g/mol. The van der Waals surface area contributed by atoms with E-state index in [0.717, 1.165) is 12.1 Å². The van der Waals surface area contributed by atoms with E-state index in [4.69, 9.17) is 5.73 Å². The molecular formula is C9H10FN3O4S.